The molecule has 110 valence electrons. The van der Waals surface area contributed by atoms with Gasteiger partial charge >= 0.3 is 0 Å². The molecule has 0 spiro atoms. The Labute approximate surface area is 117 Å². The standard InChI is InChI=1S/C14H19FN2O3/c1-3-20-13-6-12-9(5-11(13)15)4-10(8-18)16-14(19)7-17(12)2/h5-6,10,18H,3-4,7-8H2,1-2H3,(H,16,19). The lowest BCUT2D eigenvalue weighted by atomic mass is 10.0. The van der Waals surface area contributed by atoms with Crippen molar-refractivity contribution in [2.75, 3.05) is 31.7 Å². The normalized spacial score (nSPS) is 18.9. The number of amides is 1. The number of rotatable bonds is 3. The van der Waals surface area contributed by atoms with Crippen LogP contribution in [0.1, 0.15) is 12.5 Å². The van der Waals surface area contributed by atoms with Gasteiger partial charge in [-0.1, -0.05) is 0 Å². The van der Waals surface area contributed by atoms with Crippen molar-refractivity contribution in [2.24, 2.45) is 0 Å². The van der Waals surface area contributed by atoms with Gasteiger partial charge < -0.3 is 20.1 Å². The first-order chi connectivity index (χ1) is 9.55. The molecule has 1 aromatic rings. The van der Waals surface area contributed by atoms with Crippen molar-refractivity contribution >= 4 is 11.6 Å². The molecule has 1 atom stereocenters. The molecule has 0 aromatic heterocycles. The highest BCUT2D eigenvalue weighted by atomic mass is 19.1. The second-order valence-corrected chi connectivity index (χ2v) is 4.85. The van der Waals surface area contributed by atoms with Crippen LogP contribution in [-0.4, -0.2) is 43.9 Å². The molecular weight excluding hydrogens is 263 g/mol. The maximum Gasteiger partial charge on any atom is 0.239 e. The van der Waals surface area contributed by atoms with Gasteiger partial charge in [0.1, 0.15) is 0 Å². The van der Waals surface area contributed by atoms with Crippen molar-refractivity contribution in [2.45, 2.75) is 19.4 Å². The van der Waals surface area contributed by atoms with E-state index >= 15 is 0 Å². The topological polar surface area (TPSA) is 61.8 Å². The van der Waals surface area contributed by atoms with Gasteiger partial charge in [0.15, 0.2) is 11.6 Å². The van der Waals surface area contributed by atoms with Crippen LogP contribution in [0, 0.1) is 5.82 Å². The predicted octanol–water partition coefficient (Wildman–Crippen LogP) is 0.694. The van der Waals surface area contributed by atoms with E-state index in [1.165, 1.54) is 6.07 Å². The third-order valence-electron chi connectivity index (χ3n) is 3.28. The molecule has 0 saturated heterocycles. The Morgan fingerprint density at radius 1 is 1.55 bits per heavy atom. The van der Waals surface area contributed by atoms with Gasteiger partial charge in [0.2, 0.25) is 5.91 Å². The molecule has 2 rings (SSSR count). The van der Waals surface area contributed by atoms with E-state index in [1.54, 1.807) is 24.9 Å². The fourth-order valence-electron chi connectivity index (χ4n) is 2.37. The number of benzene rings is 1. The lowest BCUT2D eigenvalue weighted by Crippen LogP contribution is -2.46. The van der Waals surface area contributed by atoms with Crippen LogP contribution in [0.4, 0.5) is 10.1 Å². The zero-order chi connectivity index (χ0) is 14.7. The lowest BCUT2D eigenvalue weighted by Gasteiger charge is -2.29. The molecular formula is C14H19FN2O3. The van der Waals surface area contributed by atoms with Crippen molar-refractivity contribution < 1.29 is 19.0 Å². The van der Waals surface area contributed by atoms with Gasteiger partial charge in [-0.05, 0) is 25.0 Å². The summed E-state index contributed by atoms with van der Waals surface area (Å²) in [5.41, 5.74) is 1.50. The van der Waals surface area contributed by atoms with Crippen LogP contribution in [0.15, 0.2) is 12.1 Å². The molecule has 1 unspecified atom stereocenters. The fourth-order valence-corrected chi connectivity index (χ4v) is 2.37. The quantitative estimate of drug-likeness (QED) is 0.856. The Bertz CT molecular complexity index is 507. The SMILES string of the molecule is CCOc1cc2c(cc1F)CC(CO)NC(=O)CN2C. The summed E-state index contributed by atoms with van der Waals surface area (Å²) in [6, 6.07) is 2.63. The minimum Gasteiger partial charge on any atom is -0.491 e. The number of nitrogens with one attached hydrogen (secondary N) is 1. The molecule has 0 saturated carbocycles. The second-order valence-electron chi connectivity index (χ2n) is 4.85. The summed E-state index contributed by atoms with van der Waals surface area (Å²) < 4.78 is 19.2. The van der Waals surface area contributed by atoms with Crippen LogP contribution in [-0.2, 0) is 11.2 Å². The molecule has 0 radical (unpaired) electrons. The number of ether oxygens (including phenoxy) is 1. The van der Waals surface area contributed by atoms with Crippen molar-refractivity contribution in [1.82, 2.24) is 5.32 Å². The van der Waals surface area contributed by atoms with Gasteiger partial charge in [0.05, 0.1) is 25.8 Å². The van der Waals surface area contributed by atoms with Crippen LogP contribution in [0.5, 0.6) is 5.75 Å². The van der Waals surface area contributed by atoms with E-state index in [1.807, 2.05) is 0 Å². The molecule has 0 fully saturated rings. The van der Waals surface area contributed by atoms with Gasteiger partial charge in [-0.15, -0.1) is 0 Å². The monoisotopic (exact) mass is 282 g/mol. The van der Waals surface area contributed by atoms with E-state index in [0.29, 0.717) is 13.0 Å². The smallest absolute Gasteiger partial charge is 0.239 e. The summed E-state index contributed by atoms with van der Waals surface area (Å²) in [4.78, 5) is 13.5. The van der Waals surface area contributed by atoms with E-state index < -0.39 is 11.9 Å². The van der Waals surface area contributed by atoms with Crippen molar-refractivity contribution in [3.63, 3.8) is 0 Å². The Morgan fingerprint density at radius 3 is 2.95 bits per heavy atom. The first-order valence-corrected chi connectivity index (χ1v) is 6.61. The molecule has 2 N–H and O–H groups in total. The molecule has 0 aliphatic carbocycles. The molecule has 1 heterocycles. The lowest BCUT2D eigenvalue weighted by molar-refractivity contribution is -0.120. The highest BCUT2D eigenvalue weighted by Gasteiger charge is 2.23. The molecule has 0 bridgehead atoms. The Morgan fingerprint density at radius 2 is 2.30 bits per heavy atom. The minimum absolute atomic E-state index is 0.153. The number of carbonyl (C=O) groups is 1. The van der Waals surface area contributed by atoms with E-state index in [2.05, 4.69) is 5.32 Å². The third-order valence-corrected chi connectivity index (χ3v) is 3.28. The summed E-state index contributed by atoms with van der Waals surface area (Å²) in [7, 11) is 1.77. The summed E-state index contributed by atoms with van der Waals surface area (Å²) in [5.74, 6) is -0.415. The van der Waals surface area contributed by atoms with Crippen LogP contribution in [0.3, 0.4) is 0 Å². The minimum atomic E-state index is -0.428. The second kappa shape index (κ2) is 6.09. The van der Waals surface area contributed by atoms with Gasteiger partial charge in [-0.3, -0.25) is 4.79 Å². The Hall–Kier alpha value is -1.82. The number of hydrogen-bond acceptors (Lipinski definition) is 4. The molecule has 1 amide bonds. The molecule has 6 heteroatoms. The maximum atomic E-state index is 13.9. The van der Waals surface area contributed by atoms with Crippen molar-refractivity contribution in [3.8, 4) is 5.75 Å². The van der Waals surface area contributed by atoms with Gasteiger partial charge in [-0.2, -0.15) is 0 Å². The zero-order valence-electron chi connectivity index (χ0n) is 11.6. The maximum absolute atomic E-state index is 13.9. The molecule has 1 aliphatic heterocycles. The summed E-state index contributed by atoms with van der Waals surface area (Å²) >= 11 is 0. The van der Waals surface area contributed by atoms with Crippen LogP contribution in [0.25, 0.3) is 0 Å². The van der Waals surface area contributed by atoms with E-state index in [9.17, 15) is 14.3 Å². The number of hydrogen-bond donors (Lipinski definition) is 2. The van der Waals surface area contributed by atoms with E-state index in [4.69, 9.17) is 4.74 Å². The number of aliphatic hydroxyl groups excluding tert-OH is 1. The zero-order valence-corrected chi connectivity index (χ0v) is 11.6. The number of carbonyl (C=O) groups excluding carboxylic acids is 1. The first kappa shape index (κ1) is 14.6. The number of fused-ring (bicyclic) bond motifs is 1. The van der Waals surface area contributed by atoms with Gasteiger partial charge in [-0.25, -0.2) is 4.39 Å². The largest absolute Gasteiger partial charge is 0.491 e. The Kier molecular flexibility index (Phi) is 4.44. The highest BCUT2D eigenvalue weighted by Crippen LogP contribution is 2.30. The molecule has 1 aromatic carbocycles. The number of halogens is 1. The molecule has 1 aliphatic rings. The van der Waals surface area contributed by atoms with Gasteiger partial charge in [0, 0.05) is 18.8 Å². The van der Waals surface area contributed by atoms with Crippen molar-refractivity contribution in [1.29, 1.82) is 0 Å². The predicted molar refractivity (Wildman–Crippen MR) is 73.6 cm³/mol. The average molecular weight is 282 g/mol. The fraction of sp³-hybridized carbons (Fsp3) is 0.500. The van der Waals surface area contributed by atoms with Crippen LogP contribution >= 0.6 is 0 Å². The van der Waals surface area contributed by atoms with Gasteiger partial charge in [0.25, 0.3) is 0 Å². The third kappa shape index (κ3) is 3.01. The number of likely N-dealkylation sites (N-methyl/N-ethyl adjacent to an activating group) is 1. The summed E-state index contributed by atoms with van der Waals surface area (Å²) in [6.45, 7) is 2.14. The first-order valence-electron chi connectivity index (χ1n) is 6.61. The summed E-state index contributed by atoms with van der Waals surface area (Å²) in [6.07, 6.45) is 0.380. The Balaban J connectivity index is 2.43. The van der Waals surface area contributed by atoms with Crippen molar-refractivity contribution in [3.05, 3.63) is 23.5 Å². The number of nitrogens with zero attached hydrogens (tertiary/aromatic N) is 1. The van der Waals surface area contributed by atoms with Crippen LogP contribution in [0.2, 0.25) is 0 Å². The van der Waals surface area contributed by atoms with Crippen LogP contribution < -0.4 is 15.0 Å². The molecule has 20 heavy (non-hydrogen) atoms. The highest BCUT2D eigenvalue weighted by molar-refractivity contribution is 5.82. The molecule has 5 nitrogen and oxygen atoms in total. The van der Waals surface area contributed by atoms with E-state index in [-0.39, 0.29) is 24.8 Å². The average Bonchev–Trinajstić information content (AvgIpc) is 2.39. The van der Waals surface area contributed by atoms with E-state index in [0.717, 1.165) is 11.3 Å². The number of anilines is 1. The number of aliphatic hydroxyl groups is 1. The summed E-state index contributed by atoms with van der Waals surface area (Å²) in [5, 5.41) is 12.0.